The normalized spacial score (nSPS) is 25.1. The Morgan fingerprint density at radius 2 is 1.93 bits per heavy atom. The van der Waals surface area contributed by atoms with E-state index in [-0.39, 0.29) is 16.9 Å². The highest BCUT2D eigenvalue weighted by molar-refractivity contribution is 5.81. The van der Waals surface area contributed by atoms with Gasteiger partial charge in [-0.25, -0.2) is 9.59 Å². The average Bonchev–Trinajstić information content (AvgIpc) is 2.50. The summed E-state index contributed by atoms with van der Waals surface area (Å²) in [5.41, 5.74) is -0.860. The van der Waals surface area contributed by atoms with Crippen molar-refractivity contribution in [3.63, 3.8) is 0 Å². The van der Waals surface area contributed by atoms with Crippen LogP contribution in [0.15, 0.2) is 12.7 Å². The molecule has 7 heteroatoms. The molecule has 3 unspecified atom stereocenters. The first-order valence-corrected chi connectivity index (χ1v) is 9.79. The van der Waals surface area contributed by atoms with E-state index in [0.29, 0.717) is 13.0 Å². The number of esters is 1. The third kappa shape index (κ3) is 8.31. The zero-order valence-electron chi connectivity index (χ0n) is 18.1. The number of hydrogen-bond donors (Lipinski definition) is 2. The number of nitrogens with one attached hydrogen (secondary N) is 2. The lowest BCUT2D eigenvalue weighted by Gasteiger charge is -2.46. The van der Waals surface area contributed by atoms with Crippen molar-refractivity contribution in [2.45, 2.75) is 85.0 Å². The van der Waals surface area contributed by atoms with Gasteiger partial charge in [-0.3, -0.25) is 4.79 Å². The molecule has 0 bridgehead atoms. The zero-order chi connectivity index (χ0) is 21.6. The van der Waals surface area contributed by atoms with Gasteiger partial charge >= 0.3 is 12.1 Å². The van der Waals surface area contributed by atoms with Crippen LogP contribution in [0.2, 0.25) is 0 Å². The van der Waals surface area contributed by atoms with Gasteiger partial charge in [0.25, 0.3) is 0 Å². The molecule has 0 saturated heterocycles. The van der Waals surface area contributed by atoms with Gasteiger partial charge in [-0.1, -0.05) is 27.4 Å². The van der Waals surface area contributed by atoms with E-state index in [9.17, 15) is 14.4 Å². The molecule has 28 heavy (non-hydrogen) atoms. The lowest BCUT2D eigenvalue weighted by Crippen LogP contribution is -2.49. The molecular weight excluding hydrogens is 360 g/mol. The van der Waals surface area contributed by atoms with E-state index in [4.69, 9.17) is 9.47 Å². The summed E-state index contributed by atoms with van der Waals surface area (Å²) in [6.07, 6.45) is 3.97. The van der Waals surface area contributed by atoms with Gasteiger partial charge < -0.3 is 20.1 Å². The maximum absolute atomic E-state index is 12.3. The Morgan fingerprint density at radius 3 is 2.50 bits per heavy atom. The molecule has 0 radical (unpaired) electrons. The van der Waals surface area contributed by atoms with Crippen molar-refractivity contribution >= 4 is 18.5 Å². The smallest absolute Gasteiger partial charge is 0.407 e. The molecule has 1 fully saturated rings. The van der Waals surface area contributed by atoms with Crippen LogP contribution in [0.5, 0.6) is 0 Å². The number of alkyl carbamates (subject to hydrolysis) is 1. The molecule has 2 amide bonds. The molecule has 0 aromatic rings. The monoisotopic (exact) mass is 396 g/mol. The van der Waals surface area contributed by atoms with Crippen molar-refractivity contribution in [3.05, 3.63) is 12.7 Å². The summed E-state index contributed by atoms with van der Waals surface area (Å²) in [7, 11) is 0. The summed E-state index contributed by atoms with van der Waals surface area (Å²) < 4.78 is 10.7. The number of ether oxygens (including phenoxy) is 2. The van der Waals surface area contributed by atoms with E-state index in [1.165, 1.54) is 0 Å². The molecule has 0 spiro atoms. The first-order chi connectivity index (χ1) is 12.8. The molecule has 1 aliphatic rings. The van der Waals surface area contributed by atoms with Gasteiger partial charge in [-0.05, 0) is 50.9 Å². The van der Waals surface area contributed by atoms with Crippen molar-refractivity contribution in [3.8, 4) is 0 Å². The molecule has 1 aliphatic carbocycles. The molecule has 0 aliphatic heterocycles. The Balaban J connectivity index is 2.58. The molecule has 2 N–H and O–H groups in total. The van der Waals surface area contributed by atoms with Crippen LogP contribution in [0.4, 0.5) is 4.79 Å². The summed E-state index contributed by atoms with van der Waals surface area (Å²) >= 11 is 0. The molecule has 3 atom stereocenters. The van der Waals surface area contributed by atoms with E-state index in [1.807, 2.05) is 0 Å². The van der Waals surface area contributed by atoms with Crippen molar-refractivity contribution in [1.29, 1.82) is 0 Å². The largest absolute Gasteiger partial charge is 0.459 e. The third-order valence-corrected chi connectivity index (χ3v) is 5.04. The number of rotatable bonds is 9. The highest BCUT2D eigenvalue weighted by atomic mass is 16.6. The van der Waals surface area contributed by atoms with Crippen LogP contribution in [0.1, 0.15) is 67.2 Å². The summed E-state index contributed by atoms with van der Waals surface area (Å²) in [4.78, 5) is 34.5. The van der Waals surface area contributed by atoms with E-state index in [2.05, 4.69) is 38.0 Å². The minimum Gasteiger partial charge on any atom is -0.459 e. The fourth-order valence-electron chi connectivity index (χ4n) is 4.58. The van der Waals surface area contributed by atoms with Gasteiger partial charge in [0.2, 0.25) is 6.41 Å². The van der Waals surface area contributed by atoms with Crippen LogP contribution in [-0.4, -0.2) is 42.8 Å². The molecule has 0 aromatic heterocycles. The topological polar surface area (TPSA) is 93.7 Å². The van der Waals surface area contributed by atoms with Gasteiger partial charge in [0.1, 0.15) is 11.7 Å². The van der Waals surface area contributed by atoms with Gasteiger partial charge in [0.05, 0.1) is 0 Å². The lowest BCUT2D eigenvalue weighted by molar-refractivity contribution is -0.144. The number of carbonyl (C=O) groups is 3. The predicted octanol–water partition coefficient (Wildman–Crippen LogP) is 3.33. The second-order valence-corrected chi connectivity index (χ2v) is 9.70. The van der Waals surface area contributed by atoms with Crippen LogP contribution >= 0.6 is 0 Å². The Kier molecular flexibility index (Phi) is 8.08. The molecule has 1 rings (SSSR count). The number of carbonyl (C=O) groups excluding carboxylic acids is 3. The van der Waals surface area contributed by atoms with Crippen LogP contribution < -0.4 is 10.6 Å². The molecule has 160 valence electrons. The van der Waals surface area contributed by atoms with Crippen molar-refractivity contribution < 1.29 is 23.9 Å². The van der Waals surface area contributed by atoms with Crippen LogP contribution in [0, 0.1) is 10.8 Å². The summed E-state index contributed by atoms with van der Waals surface area (Å²) in [5.74, 6) is -0.501. The Bertz CT molecular complexity index is 587. The van der Waals surface area contributed by atoms with Gasteiger partial charge in [-0.2, -0.15) is 0 Å². The lowest BCUT2D eigenvalue weighted by atomic mass is 9.62. The van der Waals surface area contributed by atoms with Crippen molar-refractivity contribution in [2.24, 2.45) is 10.8 Å². The first kappa shape index (κ1) is 24.0. The van der Waals surface area contributed by atoms with E-state index >= 15 is 0 Å². The third-order valence-electron chi connectivity index (χ3n) is 5.04. The quantitative estimate of drug-likeness (QED) is 0.354. The Hall–Kier alpha value is -2.05. The second-order valence-electron chi connectivity index (χ2n) is 9.70. The summed E-state index contributed by atoms with van der Waals surface area (Å²) in [5, 5.41) is 5.76. The van der Waals surface area contributed by atoms with E-state index < -0.39 is 23.8 Å². The van der Waals surface area contributed by atoms with Crippen LogP contribution in [0.25, 0.3) is 0 Å². The van der Waals surface area contributed by atoms with E-state index in [1.54, 1.807) is 20.8 Å². The minimum atomic E-state index is -0.792. The number of hydrogen-bond acceptors (Lipinski definition) is 5. The zero-order valence-corrected chi connectivity index (χ0v) is 18.1. The summed E-state index contributed by atoms with van der Waals surface area (Å²) in [6, 6.07) is 0.0981. The SMILES string of the molecule is C=CC(=O)OC(C)CC(C)(C)OC(=O)NCC1(C)CC(NC=O)CC(C)(C)C1. The van der Waals surface area contributed by atoms with E-state index in [0.717, 1.165) is 31.7 Å². The average molecular weight is 397 g/mol. The molecule has 7 nitrogen and oxygen atoms in total. The fraction of sp³-hybridized carbons (Fsp3) is 0.762. The maximum atomic E-state index is 12.3. The molecule has 0 aromatic carbocycles. The Labute approximate surface area is 168 Å². The van der Waals surface area contributed by atoms with Gasteiger partial charge in [-0.15, -0.1) is 0 Å². The van der Waals surface area contributed by atoms with Crippen LogP contribution in [0.3, 0.4) is 0 Å². The molecule has 0 heterocycles. The van der Waals surface area contributed by atoms with Crippen molar-refractivity contribution in [1.82, 2.24) is 10.6 Å². The minimum absolute atomic E-state index is 0.0724. The van der Waals surface area contributed by atoms with Crippen LogP contribution in [-0.2, 0) is 19.1 Å². The standard InChI is InChI=1S/C21H36N2O5/c1-8-17(25)27-15(2)9-20(5,6)28-18(26)22-13-21(7)11-16(23-14-24)10-19(3,4)12-21/h8,14-16H,1,9-13H2,2-7H3,(H,22,26)(H,23,24). The summed E-state index contributed by atoms with van der Waals surface area (Å²) in [6.45, 7) is 15.6. The van der Waals surface area contributed by atoms with Gasteiger partial charge in [0.15, 0.2) is 0 Å². The number of amides is 2. The molecule has 1 saturated carbocycles. The Morgan fingerprint density at radius 1 is 1.29 bits per heavy atom. The van der Waals surface area contributed by atoms with Crippen molar-refractivity contribution in [2.75, 3.05) is 6.54 Å². The highest BCUT2D eigenvalue weighted by Crippen LogP contribution is 2.45. The predicted molar refractivity (Wildman–Crippen MR) is 108 cm³/mol. The first-order valence-electron chi connectivity index (χ1n) is 9.79. The second kappa shape index (κ2) is 9.43. The fourth-order valence-corrected chi connectivity index (χ4v) is 4.58. The highest BCUT2D eigenvalue weighted by Gasteiger charge is 2.41. The van der Waals surface area contributed by atoms with Gasteiger partial charge in [0, 0.05) is 25.1 Å². The molecular formula is C21H36N2O5. The maximum Gasteiger partial charge on any atom is 0.407 e.